The average molecular weight is 643 g/mol. The number of pyridine rings is 1. The molecule has 1 aliphatic heterocycles. The van der Waals surface area contributed by atoms with Crippen molar-refractivity contribution in [2.75, 3.05) is 18.4 Å². The van der Waals surface area contributed by atoms with Crippen molar-refractivity contribution in [1.29, 1.82) is 0 Å². The minimum absolute atomic E-state index is 0.179. The molecule has 43 heavy (non-hydrogen) atoms. The molecule has 3 aromatic heterocycles. The molecule has 19 heteroatoms. The van der Waals surface area contributed by atoms with Crippen LogP contribution in [-0.4, -0.2) is 73.3 Å². The molecule has 5 rings (SSSR count). The largest absolute Gasteiger partial charge is 0.490 e. The zero-order chi connectivity index (χ0) is 32.1. The Bertz CT molecular complexity index is 1580. The highest BCUT2D eigenvalue weighted by atomic mass is 35.5. The van der Waals surface area contributed by atoms with Gasteiger partial charge in [0.1, 0.15) is 11.9 Å². The van der Waals surface area contributed by atoms with Gasteiger partial charge in [0.05, 0.1) is 27.3 Å². The van der Waals surface area contributed by atoms with Gasteiger partial charge in [-0.05, 0) is 38.9 Å². The minimum atomic E-state index is -5.08. The number of aliphatic carboxylic acids is 2. The summed E-state index contributed by atoms with van der Waals surface area (Å²) in [6.45, 7) is 3.73. The summed E-state index contributed by atoms with van der Waals surface area (Å²) in [6, 6.07) is 5.09. The van der Waals surface area contributed by atoms with Gasteiger partial charge < -0.3 is 30.0 Å². The molecule has 0 bridgehead atoms. The molecule has 4 aromatic rings. The van der Waals surface area contributed by atoms with Crippen molar-refractivity contribution in [2.45, 2.75) is 38.2 Å². The molecular formula is C24H22ClF7N6O5. The molecule has 5 N–H and O–H groups in total. The SMILES string of the molecule is Cc1cn2cc(Nc3n[nH]c4cc(OC5CCNCC5)cc(Cl)c34)cc(F)c2n1.O=C(O)C(F)(F)F.O=C(O)C(F)(F)F. The molecule has 0 aliphatic carbocycles. The van der Waals surface area contributed by atoms with Gasteiger partial charge in [0.15, 0.2) is 17.3 Å². The predicted octanol–water partition coefficient (Wildman–Crippen LogP) is 5.45. The number of imidazole rings is 1. The predicted molar refractivity (Wildman–Crippen MR) is 138 cm³/mol. The van der Waals surface area contributed by atoms with Crippen molar-refractivity contribution in [2.24, 2.45) is 0 Å². The Balaban J connectivity index is 0.000000303. The smallest absolute Gasteiger partial charge is 0.490 e. The highest BCUT2D eigenvalue weighted by molar-refractivity contribution is 6.36. The van der Waals surface area contributed by atoms with Crippen LogP contribution >= 0.6 is 11.6 Å². The van der Waals surface area contributed by atoms with Gasteiger partial charge in [0.2, 0.25) is 0 Å². The van der Waals surface area contributed by atoms with Gasteiger partial charge in [-0.3, -0.25) is 5.10 Å². The second-order valence-corrected chi connectivity index (χ2v) is 9.29. The summed E-state index contributed by atoms with van der Waals surface area (Å²) in [6.07, 6.45) is -4.52. The lowest BCUT2D eigenvalue weighted by Crippen LogP contribution is -2.34. The normalized spacial score (nSPS) is 14.0. The standard InChI is InChI=1S/C20H20ClFN6O.2C2HF3O2/c1-11-9-28-10-12(6-16(22)20(28)24-11)25-19-18-15(21)7-14(8-17(18)26-27-19)29-13-2-4-23-5-3-13;2*3-2(4,5)1(6)7/h6-10,13,23H,2-5H2,1H3,(H2,25,26,27);2*(H,6,7). The van der Waals surface area contributed by atoms with Crippen LogP contribution in [0, 0.1) is 12.7 Å². The van der Waals surface area contributed by atoms with Gasteiger partial charge >= 0.3 is 24.3 Å². The van der Waals surface area contributed by atoms with Gasteiger partial charge in [0.25, 0.3) is 0 Å². The molecule has 1 aliphatic rings. The van der Waals surface area contributed by atoms with E-state index in [9.17, 15) is 30.7 Å². The number of carbonyl (C=O) groups is 2. The fraction of sp³-hybridized carbons (Fsp3) is 0.333. The summed E-state index contributed by atoms with van der Waals surface area (Å²) in [5.41, 5.74) is 2.34. The van der Waals surface area contributed by atoms with Crippen LogP contribution in [-0.2, 0) is 9.59 Å². The second-order valence-electron chi connectivity index (χ2n) is 8.89. The monoisotopic (exact) mass is 642 g/mol. The number of H-pyrrole nitrogens is 1. The number of carboxylic acids is 2. The number of hydrogen-bond acceptors (Lipinski definition) is 7. The lowest BCUT2D eigenvalue weighted by atomic mass is 10.1. The molecule has 1 fully saturated rings. The number of rotatable bonds is 4. The second kappa shape index (κ2) is 13.3. The number of halogens is 8. The number of hydrogen-bond donors (Lipinski definition) is 5. The lowest BCUT2D eigenvalue weighted by Gasteiger charge is -2.23. The number of ether oxygens (including phenoxy) is 1. The van der Waals surface area contributed by atoms with Crippen LogP contribution in [0.15, 0.2) is 30.6 Å². The van der Waals surface area contributed by atoms with Crippen LogP contribution in [0.1, 0.15) is 18.5 Å². The highest BCUT2D eigenvalue weighted by Crippen LogP contribution is 2.35. The fourth-order valence-corrected chi connectivity index (χ4v) is 4.03. The Morgan fingerprint density at radius 1 is 1.05 bits per heavy atom. The van der Waals surface area contributed by atoms with Crippen molar-refractivity contribution in [3.63, 3.8) is 0 Å². The molecule has 234 valence electrons. The maximum absolute atomic E-state index is 14.4. The molecule has 0 spiro atoms. The number of nitrogens with one attached hydrogen (secondary N) is 3. The van der Waals surface area contributed by atoms with Crippen molar-refractivity contribution < 1.29 is 55.3 Å². The van der Waals surface area contributed by atoms with Gasteiger partial charge in [-0.2, -0.15) is 31.4 Å². The minimum Gasteiger partial charge on any atom is -0.490 e. The van der Waals surface area contributed by atoms with Crippen LogP contribution in [0.5, 0.6) is 5.75 Å². The zero-order valence-corrected chi connectivity index (χ0v) is 22.5. The summed E-state index contributed by atoms with van der Waals surface area (Å²) < 4.78 is 85.6. The first-order chi connectivity index (χ1) is 20.0. The molecule has 0 amide bonds. The number of aryl methyl sites for hydroxylation is 1. The van der Waals surface area contributed by atoms with E-state index in [0.717, 1.165) is 42.5 Å². The quantitative estimate of drug-likeness (QED) is 0.183. The van der Waals surface area contributed by atoms with Gasteiger partial charge in [0, 0.05) is 24.5 Å². The van der Waals surface area contributed by atoms with Gasteiger partial charge in [-0.25, -0.2) is 19.0 Å². The summed E-state index contributed by atoms with van der Waals surface area (Å²) in [5.74, 6) is -4.69. The summed E-state index contributed by atoms with van der Waals surface area (Å²) in [5, 5.41) is 29.3. The van der Waals surface area contributed by atoms with Crippen LogP contribution in [0.4, 0.5) is 42.2 Å². The van der Waals surface area contributed by atoms with E-state index in [1.165, 1.54) is 6.07 Å². The van der Waals surface area contributed by atoms with Crippen LogP contribution in [0.2, 0.25) is 5.02 Å². The highest BCUT2D eigenvalue weighted by Gasteiger charge is 2.38. The van der Waals surface area contributed by atoms with Crippen LogP contribution in [0.3, 0.4) is 0 Å². The molecular weight excluding hydrogens is 621 g/mol. The molecule has 0 radical (unpaired) electrons. The van der Waals surface area contributed by atoms with Crippen molar-refractivity contribution in [3.8, 4) is 5.75 Å². The maximum Gasteiger partial charge on any atom is 0.490 e. The number of piperidine rings is 1. The third kappa shape index (κ3) is 9.08. The number of carboxylic acid groups (broad SMARTS) is 2. The first kappa shape index (κ1) is 33.2. The van der Waals surface area contributed by atoms with Crippen molar-refractivity contribution in [1.82, 2.24) is 24.9 Å². The summed E-state index contributed by atoms with van der Waals surface area (Å²) in [7, 11) is 0. The number of nitrogens with zero attached hydrogens (tertiary/aromatic N) is 3. The van der Waals surface area contributed by atoms with E-state index in [2.05, 4.69) is 25.8 Å². The number of benzene rings is 1. The Hall–Kier alpha value is -4.32. The average Bonchev–Trinajstić information content (AvgIpc) is 3.47. The molecule has 0 atom stereocenters. The van der Waals surface area contributed by atoms with E-state index in [0.29, 0.717) is 22.3 Å². The topological polar surface area (TPSA) is 154 Å². The van der Waals surface area contributed by atoms with Crippen molar-refractivity contribution >= 4 is 51.6 Å². The summed E-state index contributed by atoms with van der Waals surface area (Å²) >= 11 is 6.54. The molecule has 1 aromatic carbocycles. The fourth-order valence-electron chi connectivity index (χ4n) is 3.73. The number of alkyl halides is 6. The Morgan fingerprint density at radius 2 is 1.63 bits per heavy atom. The third-order valence-corrected chi connectivity index (χ3v) is 5.85. The molecule has 0 unspecified atom stereocenters. The van der Waals surface area contributed by atoms with Crippen molar-refractivity contribution in [3.05, 3.63) is 47.1 Å². The maximum atomic E-state index is 14.4. The van der Waals surface area contributed by atoms with E-state index >= 15 is 0 Å². The molecule has 4 heterocycles. The van der Waals surface area contributed by atoms with E-state index in [4.69, 9.17) is 36.1 Å². The third-order valence-electron chi connectivity index (χ3n) is 5.55. The Morgan fingerprint density at radius 3 is 2.19 bits per heavy atom. The number of aromatic nitrogens is 4. The first-order valence-electron chi connectivity index (χ1n) is 12.0. The number of fused-ring (bicyclic) bond motifs is 2. The van der Waals surface area contributed by atoms with E-state index in [1.807, 2.05) is 13.0 Å². The molecule has 0 saturated carbocycles. The number of anilines is 2. The number of aromatic amines is 1. The summed E-state index contributed by atoms with van der Waals surface area (Å²) in [4.78, 5) is 22.0. The Labute approximate surface area is 241 Å². The zero-order valence-electron chi connectivity index (χ0n) is 21.8. The first-order valence-corrected chi connectivity index (χ1v) is 12.4. The molecule has 1 saturated heterocycles. The van der Waals surface area contributed by atoms with E-state index in [1.54, 1.807) is 22.9 Å². The molecule has 11 nitrogen and oxygen atoms in total. The Kier molecular flexibility index (Phi) is 10.3. The van der Waals surface area contributed by atoms with Crippen LogP contribution < -0.4 is 15.4 Å². The van der Waals surface area contributed by atoms with E-state index < -0.39 is 30.1 Å². The lowest BCUT2D eigenvalue weighted by molar-refractivity contribution is -0.193. The van der Waals surface area contributed by atoms with Crippen LogP contribution in [0.25, 0.3) is 16.6 Å². The van der Waals surface area contributed by atoms with Gasteiger partial charge in [-0.15, -0.1) is 0 Å². The van der Waals surface area contributed by atoms with Gasteiger partial charge in [-0.1, -0.05) is 11.6 Å². The van der Waals surface area contributed by atoms with E-state index in [-0.39, 0.29) is 11.8 Å².